The zero-order valence-corrected chi connectivity index (χ0v) is 8.07. The summed E-state index contributed by atoms with van der Waals surface area (Å²) in [4.78, 5) is 0. The molecule has 14 heavy (non-hydrogen) atoms. The van der Waals surface area contributed by atoms with E-state index in [2.05, 4.69) is 10.2 Å². The minimum absolute atomic E-state index is 0.0000350. The number of aromatic nitrogens is 2. The van der Waals surface area contributed by atoms with Crippen LogP contribution in [0.5, 0.6) is 0 Å². The molecule has 1 unspecified atom stereocenters. The van der Waals surface area contributed by atoms with Crippen LogP contribution in [0.1, 0.15) is 18.7 Å². The third kappa shape index (κ3) is 1.67. The number of rotatable bonds is 2. The molecule has 3 nitrogen and oxygen atoms in total. The average molecular weight is 187 g/mol. The normalized spacial score (nSPS) is 12.7. The van der Waals surface area contributed by atoms with Crippen LogP contribution in [0.15, 0.2) is 36.4 Å². The lowest BCUT2D eigenvalue weighted by Crippen LogP contribution is -2.04. The molecule has 1 atom stereocenters. The molecular weight excluding hydrogens is 174 g/mol. The van der Waals surface area contributed by atoms with E-state index in [-0.39, 0.29) is 6.04 Å². The fraction of sp³-hybridized carbons (Fsp3) is 0.182. The SMILES string of the molecule is CC(N)c1cc(-c2ccccc2)n[nH]1. The molecule has 0 radical (unpaired) electrons. The Morgan fingerprint density at radius 2 is 2.00 bits per heavy atom. The first-order chi connectivity index (χ1) is 6.77. The summed E-state index contributed by atoms with van der Waals surface area (Å²) < 4.78 is 0. The highest BCUT2D eigenvalue weighted by Crippen LogP contribution is 2.18. The molecule has 3 N–H and O–H groups in total. The van der Waals surface area contributed by atoms with Crippen LogP contribution < -0.4 is 5.73 Å². The molecule has 0 aliphatic carbocycles. The summed E-state index contributed by atoms with van der Waals surface area (Å²) in [5.41, 5.74) is 8.75. The zero-order chi connectivity index (χ0) is 9.97. The van der Waals surface area contributed by atoms with Crippen LogP contribution in [0.25, 0.3) is 11.3 Å². The Labute approximate surface area is 83.0 Å². The Morgan fingerprint density at radius 3 is 2.57 bits per heavy atom. The first-order valence-electron chi connectivity index (χ1n) is 4.63. The van der Waals surface area contributed by atoms with Crippen molar-refractivity contribution in [2.24, 2.45) is 5.73 Å². The van der Waals surface area contributed by atoms with Crippen LogP contribution in [-0.4, -0.2) is 10.2 Å². The maximum atomic E-state index is 5.73. The van der Waals surface area contributed by atoms with Gasteiger partial charge in [0.15, 0.2) is 0 Å². The van der Waals surface area contributed by atoms with Crippen molar-refractivity contribution < 1.29 is 0 Å². The Bertz CT molecular complexity index is 403. The molecule has 3 heteroatoms. The average Bonchev–Trinajstić information content (AvgIpc) is 2.68. The Morgan fingerprint density at radius 1 is 1.29 bits per heavy atom. The number of H-pyrrole nitrogens is 1. The second-order valence-electron chi connectivity index (χ2n) is 3.36. The third-order valence-corrected chi connectivity index (χ3v) is 2.16. The van der Waals surface area contributed by atoms with Crippen LogP contribution in [0, 0.1) is 0 Å². The summed E-state index contributed by atoms with van der Waals surface area (Å²) in [5, 5.41) is 7.13. The maximum Gasteiger partial charge on any atom is 0.0924 e. The van der Waals surface area contributed by atoms with Crippen molar-refractivity contribution in [1.29, 1.82) is 0 Å². The summed E-state index contributed by atoms with van der Waals surface area (Å²) in [6, 6.07) is 12.0. The minimum atomic E-state index is -0.0000350. The number of nitrogens with zero attached hydrogens (tertiary/aromatic N) is 1. The van der Waals surface area contributed by atoms with E-state index < -0.39 is 0 Å². The Balaban J connectivity index is 2.34. The van der Waals surface area contributed by atoms with Crippen molar-refractivity contribution >= 4 is 0 Å². The predicted molar refractivity (Wildman–Crippen MR) is 56.6 cm³/mol. The van der Waals surface area contributed by atoms with Gasteiger partial charge in [-0.2, -0.15) is 5.10 Å². The lowest BCUT2D eigenvalue weighted by Gasteiger charge is -1.97. The topological polar surface area (TPSA) is 54.7 Å². The van der Waals surface area contributed by atoms with Crippen molar-refractivity contribution in [1.82, 2.24) is 10.2 Å². The van der Waals surface area contributed by atoms with Crippen LogP contribution in [0.3, 0.4) is 0 Å². The number of benzene rings is 1. The van der Waals surface area contributed by atoms with E-state index in [0.717, 1.165) is 17.0 Å². The molecule has 0 spiro atoms. The molecule has 1 heterocycles. The van der Waals surface area contributed by atoms with Crippen molar-refractivity contribution in [3.63, 3.8) is 0 Å². The summed E-state index contributed by atoms with van der Waals surface area (Å²) in [5.74, 6) is 0. The van der Waals surface area contributed by atoms with E-state index in [1.165, 1.54) is 0 Å². The van der Waals surface area contributed by atoms with E-state index in [4.69, 9.17) is 5.73 Å². The van der Waals surface area contributed by atoms with Crippen molar-refractivity contribution in [2.75, 3.05) is 0 Å². The van der Waals surface area contributed by atoms with Gasteiger partial charge >= 0.3 is 0 Å². The Kier molecular flexibility index (Phi) is 2.33. The van der Waals surface area contributed by atoms with Crippen molar-refractivity contribution in [3.8, 4) is 11.3 Å². The molecule has 0 fully saturated rings. The van der Waals surface area contributed by atoms with Crippen LogP contribution in [0.4, 0.5) is 0 Å². The standard InChI is InChI=1S/C11H13N3/c1-8(12)10-7-11(14-13-10)9-5-3-2-4-6-9/h2-8H,12H2,1H3,(H,13,14). The van der Waals surface area contributed by atoms with Gasteiger partial charge in [0.2, 0.25) is 0 Å². The first-order valence-corrected chi connectivity index (χ1v) is 4.63. The van der Waals surface area contributed by atoms with Crippen molar-refractivity contribution in [3.05, 3.63) is 42.1 Å². The number of nitrogens with two attached hydrogens (primary N) is 1. The third-order valence-electron chi connectivity index (χ3n) is 2.16. The highest BCUT2D eigenvalue weighted by atomic mass is 15.1. The van der Waals surface area contributed by atoms with Crippen molar-refractivity contribution in [2.45, 2.75) is 13.0 Å². The maximum absolute atomic E-state index is 5.73. The smallest absolute Gasteiger partial charge is 0.0924 e. The van der Waals surface area contributed by atoms with Gasteiger partial charge in [-0.1, -0.05) is 30.3 Å². The van der Waals surface area contributed by atoms with Gasteiger partial charge in [0, 0.05) is 11.6 Å². The van der Waals surface area contributed by atoms with Crippen LogP contribution in [0.2, 0.25) is 0 Å². The number of nitrogens with one attached hydrogen (secondary N) is 1. The highest BCUT2D eigenvalue weighted by Gasteiger charge is 2.05. The zero-order valence-electron chi connectivity index (χ0n) is 8.07. The lowest BCUT2D eigenvalue weighted by molar-refractivity contribution is 0.772. The van der Waals surface area contributed by atoms with Gasteiger partial charge in [-0.25, -0.2) is 0 Å². The molecule has 0 amide bonds. The molecule has 0 saturated heterocycles. The first kappa shape index (κ1) is 8.97. The molecule has 2 rings (SSSR count). The van der Waals surface area contributed by atoms with E-state index >= 15 is 0 Å². The van der Waals surface area contributed by atoms with E-state index in [0.29, 0.717) is 0 Å². The van der Waals surface area contributed by atoms with Crippen LogP contribution in [-0.2, 0) is 0 Å². The fourth-order valence-electron chi connectivity index (χ4n) is 1.33. The quantitative estimate of drug-likeness (QED) is 0.756. The van der Waals surface area contributed by atoms with Gasteiger partial charge in [-0.15, -0.1) is 0 Å². The molecule has 2 aromatic rings. The summed E-state index contributed by atoms with van der Waals surface area (Å²) >= 11 is 0. The number of aromatic amines is 1. The van der Waals surface area contributed by atoms with E-state index in [9.17, 15) is 0 Å². The summed E-state index contributed by atoms with van der Waals surface area (Å²) in [6.45, 7) is 1.93. The monoisotopic (exact) mass is 187 g/mol. The Hall–Kier alpha value is -1.61. The highest BCUT2D eigenvalue weighted by molar-refractivity contribution is 5.58. The molecular formula is C11H13N3. The van der Waals surface area contributed by atoms with Gasteiger partial charge in [0.25, 0.3) is 0 Å². The summed E-state index contributed by atoms with van der Waals surface area (Å²) in [6.07, 6.45) is 0. The number of hydrogen-bond donors (Lipinski definition) is 2. The molecule has 72 valence electrons. The molecule has 0 aliphatic heterocycles. The second kappa shape index (κ2) is 3.64. The number of hydrogen-bond acceptors (Lipinski definition) is 2. The fourth-order valence-corrected chi connectivity index (χ4v) is 1.33. The van der Waals surface area contributed by atoms with Gasteiger partial charge in [-0.05, 0) is 13.0 Å². The van der Waals surface area contributed by atoms with Gasteiger partial charge in [0.1, 0.15) is 0 Å². The van der Waals surface area contributed by atoms with E-state index in [1.54, 1.807) is 0 Å². The van der Waals surface area contributed by atoms with Gasteiger partial charge in [0.05, 0.1) is 11.4 Å². The minimum Gasteiger partial charge on any atom is -0.323 e. The molecule has 0 bridgehead atoms. The molecule has 1 aromatic carbocycles. The summed E-state index contributed by atoms with van der Waals surface area (Å²) in [7, 11) is 0. The van der Waals surface area contributed by atoms with Crippen LogP contribution >= 0.6 is 0 Å². The van der Waals surface area contributed by atoms with E-state index in [1.807, 2.05) is 43.3 Å². The second-order valence-corrected chi connectivity index (χ2v) is 3.36. The predicted octanol–water partition coefficient (Wildman–Crippen LogP) is 2.10. The largest absolute Gasteiger partial charge is 0.323 e. The van der Waals surface area contributed by atoms with Gasteiger partial charge in [-0.3, -0.25) is 5.10 Å². The lowest BCUT2D eigenvalue weighted by atomic mass is 10.1. The van der Waals surface area contributed by atoms with Gasteiger partial charge < -0.3 is 5.73 Å². The molecule has 0 saturated carbocycles. The molecule has 1 aromatic heterocycles. The molecule has 0 aliphatic rings.